The fourth-order valence-electron chi connectivity index (χ4n) is 5.64. The van der Waals surface area contributed by atoms with Gasteiger partial charge in [0, 0.05) is 18.3 Å². The van der Waals surface area contributed by atoms with Gasteiger partial charge in [-0.1, -0.05) is 31.1 Å². The van der Waals surface area contributed by atoms with Gasteiger partial charge in [0.15, 0.2) is 5.78 Å². The summed E-state index contributed by atoms with van der Waals surface area (Å²) in [5.41, 5.74) is 2.99. The Labute approximate surface area is 126 Å². The van der Waals surface area contributed by atoms with Crippen molar-refractivity contribution in [1.82, 2.24) is 0 Å². The summed E-state index contributed by atoms with van der Waals surface area (Å²) in [7, 11) is 0. The molecule has 0 aromatic heterocycles. The summed E-state index contributed by atoms with van der Waals surface area (Å²) in [4.78, 5) is 24.1. The number of carbonyl (C=O) groups is 2. The van der Waals surface area contributed by atoms with E-state index in [2.05, 4.69) is 19.9 Å². The van der Waals surface area contributed by atoms with Gasteiger partial charge in [-0.2, -0.15) is 0 Å². The van der Waals surface area contributed by atoms with Crippen molar-refractivity contribution >= 4 is 11.6 Å². The molecule has 0 aliphatic heterocycles. The maximum absolute atomic E-state index is 12.3. The predicted octanol–water partition coefficient (Wildman–Crippen LogP) is 4.01. The molecule has 4 aliphatic rings. The first-order chi connectivity index (χ1) is 9.95. The van der Waals surface area contributed by atoms with Gasteiger partial charge < -0.3 is 0 Å². The van der Waals surface area contributed by atoms with Crippen LogP contribution in [0.15, 0.2) is 23.3 Å². The van der Waals surface area contributed by atoms with Gasteiger partial charge in [-0.25, -0.2) is 0 Å². The Morgan fingerprint density at radius 2 is 1.76 bits per heavy atom. The van der Waals surface area contributed by atoms with Gasteiger partial charge in [0.25, 0.3) is 0 Å². The van der Waals surface area contributed by atoms with E-state index in [0.717, 1.165) is 38.5 Å². The molecular formula is C19H24O2. The van der Waals surface area contributed by atoms with E-state index in [4.69, 9.17) is 0 Å². The van der Waals surface area contributed by atoms with Crippen molar-refractivity contribution < 1.29 is 9.59 Å². The highest BCUT2D eigenvalue weighted by Crippen LogP contribution is 2.62. The fraction of sp³-hybridized carbons (Fsp3) is 0.684. The lowest BCUT2D eigenvalue weighted by Crippen LogP contribution is -2.45. The van der Waals surface area contributed by atoms with E-state index in [0.29, 0.717) is 29.8 Å². The lowest BCUT2D eigenvalue weighted by Gasteiger charge is -2.52. The van der Waals surface area contributed by atoms with Crippen LogP contribution in [0.3, 0.4) is 0 Å². The number of hydrogen-bond acceptors (Lipinski definition) is 2. The second-order valence-electron chi connectivity index (χ2n) is 7.98. The number of carbonyl (C=O) groups excluding carboxylic acids is 2. The van der Waals surface area contributed by atoms with Crippen molar-refractivity contribution in [2.45, 2.75) is 58.8 Å². The molecule has 4 rings (SSSR count). The molecule has 0 bridgehead atoms. The van der Waals surface area contributed by atoms with E-state index in [1.165, 1.54) is 5.57 Å². The van der Waals surface area contributed by atoms with Crippen LogP contribution in [0.2, 0.25) is 0 Å². The van der Waals surface area contributed by atoms with Crippen molar-refractivity contribution in [3.05, 3.63) is 23.3 Å². The zero-order chi connectivity index (χ0) is 14.8. The van der Waals surface area contributed by atoms with Crippen molar-refractivity contribution in [1.29, 1.82) is 0 Å². The van der Waals surface area contributed by atoms with Crippen LogP contribution in [0.1, 0.15) is 58.8 Å². The Kier molecular flexibility index (Phi) is 2.68. The maximum Gasteiger partial charge on any atom is 0.155 e. The van der Waals surface area contributed by atoms with Gasteiger partial charge in [-0.3, -0.25) is 9.59 Å². The van der Waals surface area contributed by atoms with Crippen molar-refractivity contribution in [2.75, 3.05) is 0 Å². The number of rotatable bonds is 0. The summed E-state index contributed by atoms with van der Waals surface area (Å²) in [6.45, 7) is 4.56. The maximum atomic E-state index is 12.3. The largest absolute Gasteiger partial charge is 0.299 e. The van der Waals surface area contributed by atoms with E-state index >= 15 is 0 Å². The highest BCUT2D eigenvalue weighted by molar-refractivity contribution is 5.92. The molecule has 0 spiro atoms. The predicted molar refractivity (Wildman–Crippen MR) is 81.7 cm³/mol. The number of fused-ring (bicyclic) bond motifs is 5. The molecule has 0 radical (unpaired) electrons. The summed E-state index contributed by atoms with van der Waals surface area (Å²) < 4.78 is 0. The molecule has 0 heterocycles. The van der Waals surface area contributed by atoms with Gasteiger partial charge in [0.2, 0.25) is 0 Å². The Morgan fingerprint density at radius 3 is 2.57 bits per heavy atom. The minimum atomic E-state index is -0.0929. The van der Waals surface area contributed by atoms with Crippen molar-refractivity contribution in [3.63, 3.8) is 0 Å². The van der Waals surface area contributed by atoms with Crippen LogP contribution in [-0.2, 0) is 9.59 Å². The molecule has 4 aliphatic carbocycles. The minimum Gasteiger partial charge on any atom is -0.299 e. The van der Waals surface area contributed by atoms with Crippen LogP contribution < -0.4 is 0 Å². The lowest BCUT2D eigenvalue weighted by molar-refractivity contribution is -0.127. The van der Waals surface area contributed by atoms with Crippen LogP contribution in [0.25, 0.3) is 0 Å². The van der Waals surface area contributed by atoms with Gasteiger partial charge >= 0.3 is 0 Å². The van der Waals surface area contributed by atoms with Crippen LogP contribution in [-0.4, -0.2) is 11.6 Å². The number of Topliss-reactive ketones (excluding diaryl/α,β-unsaturated/α-hetero) is 1. The number of hydrogen-bond donors (Lipinski definition) is 0. The molecule has 0 amide bonds. The molecule has 0 N–H and O–H groups in total. The summed E-state index contributed by atoms with van der Waals surface area (Å²) in [6, 6.07) is 0. The summed E-state index contributed by atoms with van der Waals surface area (Å²) in [5.74, 6) is 1.82. The van der Waals surface area contributed by atoms with Gasteiger partial charge in [0.1, 0.15) is 5.78 Å². The van der Waals surface area contributed by atoms with Crippen molar-refractivity contribution in [3.8, 4) is 0 Å². The second kappa shape index (κ2) is 4.18. The normalized spacial score (nSPS) is 45.4. The highest BCUT2D eigenvalue weighted by Gasteiger charge is 2.56. The van der Waals surface area contributed by atoms with Crippen molar-refractivity contribution in [2.24, 2.45) is 22.7 Å². The zero-order valence-electron chi connectivity index (χ0n) is 13.1. The minimum absolute atomic E-state index is 0.0929. The Hall–Kier alpha value is -1.18. The third-order valence-corrected chi connectivity index (χ3v) is 7.11. The molecule has 0 saturated heterocycles. The number of allylic oxidation sites excluding steroid dienone is 4. The lowest BCUT2D eigenvalue weighted by atomic mass is 9.51. The van der Waals surface area contributed by atoms with E-state index in [9.17, 15) is 9.59 Å². The van der Waals surface area contributed by atoms with Crippen LogP contribution in [0.5, 0.6) is 0 Å². The molecule has 21 heavy (non-hydrogen) atoms. The van der Waals surface area contributed by atoms with E-state index in [-0.39, 0.29) is 10.8 Å². The molecular weight excluding hydrogens is 260 g/mol. The first kappa shape index (κ1) is 13.5. The zero-order valence-corrected chi connectivity index (χ0v) is 13.1. The van der Waals surface area contributed by atoms with Gasteiger partial charge in [0.05, 0.1) is 0 Å². The van der Waals surface area contributed by atoms with E-state index in [1.54, 1.807) is 5.57 Å². The standard InChI is InChI=1S/C19H24O2/c1-18-9-7-13(20)11-12(18)3-4-14-15-5-6-17(21)19(15,2)10-8-16(14)18/h4,11,15-16H,3,5-10H2,1-2H3/t15-,16+,18-,19-/m0/s1. The highest BCUT2D eigenvalue weighted by atomic mass is 16.1. The quantitative estimate of drug-likeness (QED) is 0.630. The molecule has 0 aromatic carbocycles. The third-order valence-electron chi connectivity index (χ3n) is 7.11. The Morgan fingerprint density at radius 1 is 1.00 bits per heavy atom. The molecule has 2 fully saturated rings. The van der Waals surface area contributed by atoms with Crippen LogP contribution in [0.4, 0.5) is 0 Å². The van der Waals surface area contributed by atoms with E-state index < -0.39 is 0 Å². The topological polar surface area (TPSA) is 34.1 Å². The summed E-state index contributed by atoms with van der Waals surface area (Å²) >= 11 is 0. The SMILES string of the molecule is C[C@]12CCC(=O)C=C1CC=C1[C@H]2CC[C@]2(C)C(=O)CC[C@@H]12. The smallest absolute Gasteiger partial charge is 0.155 e. The molecule has 2 nitrogen and oxygen atoms in total. The monoisotopic (exact) mass is 284 g/mol. The van der Waals surface area contributed by atoms with Crippen LogP contribution in [0, 0.1) is 22.7 Å². The van der Waals surface area contributed by atoms with E-state index in [1.807, 2.05) is 6.08 Å². The average molecular weight is 284 g/mol. The Balaban J connectivity index is 1.77. The van der Waals surface area contributed by atoms with Crippen LogP contribution >= 0.6 is 0 Å². The third kappa shape index (κ3) is 1.65. The molecule has 112 valence electrons. The fourth-order valence-corrected chi connectivity index (χ4v) is 5.64. The number of ketones is 2. The Bertz CT molecular complexity index is 597. The molecule has 2 heteroatoms. The van der Waals surface area contributed by atoms with Gasteiger partial charge in [-0.15, -0.1) is 0 Å². The first-order valence-corrected chi connectivity index (χ1v) is 8.42. The average Bonchev–Trinajstić information content (AvgIpc) is 2.76. The molecule has 0 aromatic rings. The first-order valence-electron chi connectivity index (χ1n) is 8.42. The summed E-state index contributed by atoms with van der Waals surface area (Å²) in [6.07, 6.45) is 10.9. The summed E-state index contributed by atoms with van der Waals surface area (Å²) in [5, 5.41) is 0. The molecule has 0 unspecified atom stereocenters. The second-order valence-corrected chi connectivity index (χ2v) is 7.98. The molecule has 4 atom stereocenters. The van der Waals surface area contributed by atoms with Gasteiger partial charge in [-0.05, 0) is 55.4 Å². The molecule has 2 saturated carbocycles.